The smallest absolute Gasteiger partial charge is 0.335 e. The van der Waals surface area contributed by atoms with Crippen LogP contribution in [0.25, 0.3) is 0 Å². The highest BCUT2D eigenvalue weighted by atomic mass is 16.7. The third kappa shape index (κ3) is 5.52. The molecule has 19 heavy (non-hydrogen) atoms. The number of carbonyl (C=O) groups is 2. The molecule has 1 amide bonds. The quantitative estimate of drug-likeness (QED) is 0.632. The van der Waals surface area contributed by atoms with Crippen molar-refractivity contribution in [3.8, 4) is 0 Å². The third-order valence-electron chi connectivity index (χ3n) is 2.33. The first-order valence-electron chi connectivity index (χ1n) is 6.05. The van der Waals surface area contributed by atoms with Crippen molar-refractivity contribution in [2.75, 3.05) is 6.54 Å². The van der Waals surface area contributed by atoms with E-state index in [0.29, 0.717) is 19.4 Å². The van der Waals surface area contributed by atoms with Crippen LogP contribution in [0.4, 0.5) is 0 Å². The van der Waals surface area contributed by atoms with Crippen LogP contribution in [0.1, 0.15) is 36.7 Å². The normalized spacial score (nSPS) is 11.1. The number of carbonyl (C=O) groups excluding carboxylic acids is 1. The van der Waals surface area contributed by atoms with Gasteiger partial charge in [-0.15, -0.1) is 0 Å². The van der Waals surface area contributed by atoms with Crippen molar-refractivity contribution >= 4 is 12.4 Å². The van der Waals surface area contributed by atoms with E-state index in [4.69, 9.17) is 9.94 Å². The molecule has 0 unspecified atom stereocenters. The number of hydrogen-bond donors (Lipinski definition) is 1. The molecule has 1 aromatic rings. The first kappa shape index (κ1) is 15.2. The Labute approximate surface area is 112 Å². The van der Waals surface area contributed by atoms with Crippen LogP contribution in [-0.2, 0) is 16.1 Å². The average Bonchev–Trinajstić information content (AvgIpc) is 2.33. The van der Waals surface area contributed by atoms with E-state index in [0.717, 1.165) is 5.56 Å². The number of carboxylic acids is 1. The van der Waals surface area contributed by atoms with Crippen molar-refractivity contribution in [2.24, 2.45) is 0 Å². The van der Waals surface area contributed by atoms with Gasteiger partial charge in [0, 0.05) is 0 Å². The van der Waals surface area contributed by atoms with Gasteiger partial charge in [0.1, 0.15) is 0 Å². The molecule has 5 heteroatoms. The molecule has 0 heterocycles. The van der Waals surface area contributed by atoms with E-state index in [2.05, 4.69) is 0 Å². The maximum Gasteiger partial charge on any atom is 0.335 e. The van der Waals surface area contributed by atoms with Crippen LogP contribution in [0.3, 0.4) is 0 Å². The maximum atomic E-state index is 10.9. The standard InChI is InChI=1S/C14H19NO4/c1-14(2,3)19-15(10-16)9-8-11-4-6-12(7-5-11)13(17)18/h4-7,10H,8-9H2,1-3H3,(H,17,18). The van der Waals surface area contributed by atoms with Crippen LogP contribution in [0.2, 0.25) is 0 Å². The van der Waals surface area contributed by atoms with E-state index in [-0.39, 0.29) is 5.56 Å². The fourth-order valence-electron chi connectivity index (χ4n) is 1.52. The summed E-state index contributed by atoms with van der Waals surface area (Å²) in [5.74, 6) is -0.947. The van der Waals surface area contributed by atoms with Gasteiger partial charge in [0.2, 0.25) is 6.41 Å². The lowest BCUT2D eigenvalue weighted by atomic mass is 10.1. The molecule has 1 aromatic carbocycles. The Morgan fingerprint density at radius 2 is 1.89 bits per heavy atom. The largest absolute Gasteiger partial charge is 0.478 e. The molecule has 0 spiro atoms. The number of amides is 1. The van der Waals surface area contributed by atoms with E-state index >= 15 is 0 Å². The van der Waals surface area contributed by atoms with Gasteiger partial charge in [-0.1, -0.05) is 12.1 Å². The van der Waals surface area contributed by atoms with Crippen molar-refractivity contribution in [1.82, 2.24) is 5.06 Å². The van der Waals surface area contributed by atoms with Crippen molar-refractivity contribution < 1.29 is 19.5 Å². The number of nitrogens with zero attached hydrogens (tertiary/aromatic N) is 1. The second kappa shape index (κ2) is 6.33. The van der Waals surface area contributed by atoms with Gasteiger partial charge < -0.3 is 5.11 Å². The summed E-state index contributed by atoms with van der Waals surface area (Å²) < 4.78 is 0. The molecule has 0 saturated carbocycles. The summed E-state index contributed by atoms with van der Waals surface area (Å²) in [6.45, 7) is 6.02. The van der Waals surface area contributed by atoms with Gasteiger partial charge in [-0.3, -0.25) is 9.63 Å². The summed E-state index contributed by atoms with van der Waals surface area (Å²) in [6, 6.07) is 6.58. The van der Waals surface area contributed by atoms with Gasteiger partial charge in [0.05, 0.1) is 17.7 Å². The lowest BCUT2D eigenvalue weighted by Crippen LogP contribution is -2.34. The Morgan fingerprint density at radius 3 is 2.32 bits per heavy atom. The first-order valence-corrected chi connectivity index (χ1v) is 6.05. The molecule has 0 aliphatic rings. The fraction of sp³-hybridized carbons (Fsp3) is 0.429. The Morgan fingerprint density at radius 1 is 1.32 bits per heavy atom. The van der Waals surface area contributed by atoms with Crippen molar-refractivity contribution in [2.45, 2.75) is 32.8 Å². The summed E-state index contributed by atoms with van der Waals surface area (Å²) in [7, 11) is 0. The van der Waals surface area contributed by atoms with E-state index in [1.165, 1.54) is 5.06 Å². The summed E-state index contributed by atoms with van der Waals surface area (Å²) in [6.07, 6.45) is 1.26. The van der Waals surface area contributed by atoms with E-state index in [1.807, 2.05) is 20.8 Å². The molecule has 0 aromatic heterocycles. The molecule has 104 valence electrons. The number of benzene rings is 1. The first-order chi connectivity index (χ1) is 8.81. The minimum atomic E-state index is -0.947. The lowest BCUT2D eigenvalue weighted by Gasteiger charge is -2.26. The number of carboxylic acid groups (broad SMARTS) is 1. The van der Waals surface area contributed by atoms with Crippen LogP contribution >= 0.6 is 0 Å². The van der Waals surface area contributed by atoms with E-state index in [9.17, 15) is 9.59 Å². The predicted molar refractivity (Wildman–Crippen MR) is 70.7 cm³/mol. The highest BCUT2D eigenvalue weighted by Gasteiger charge is 2.15. The number of hydroxylamine groups is 2. The molecule has 0 saturated heterocycles. The molecular weight excluding hydrogens is 246 g/mol. The summed E-state index contributed by atoms with van der Waals surface area (Å²) in [5.41, 5.74) is 0.782. The monoisotopic (exact) mass is 265 g/mol. The highest BCUT2D eigenvalue weighted by molar-refractivity contribution is 5.87. The Balaban J connectivity index is 2.55. The molecule has 0 atom stereocenters. The van der Waals surface area contributed by atoms with Gasteiger partial charge >= 0.3 is 5.97 Å². The zero-order valence-electron chi connectivity index (χ0n) is 11.4. The highest BCUT2D eigenvalue weighted by Crippen LogP contribution is 2.11. The Kier molecular flexibility index (Phi) is 5.06. The van der Waals surface area contributed by atoms with Gasteiger partial charge in [-0.25, -0.2) is 9.86 Å². The Bertz CT molecular complexity index is 434. The van der Waals surface area contributed by atoms with Crippen LogP contribution in [-0.4, -0.2) is 34.7 Å². The molecule has 0 aliphatic carbocycles. The van der Waals surface area contributed by atoms with E-state index < -0.39 is 11.6 Å². The van der Waals surface area contributed by atoms with Crippen LogP contribution in [0.5, 0.6) is 0 Å². The number of aromatic carboxylic acids is 1. The van der Waals surface area contributed by atoms with Crippen molar-refractivity contribution in [3.05, 3.63) is 35.4 Å². The van der Waals surface area contributed by atoms with Gasteiger partial charge in [0.15, 0.2) is 0 Å². The number of rotatable bonds is 6. The third-order valence-corrected chi connectivity index (χ3v) is 2.33. The van der Waals surface area contributed by atoms with E-state index in [1.54, 1.807) is 24.3 Å². The van der Waals surface area contributed by atoms with Gasteiger partial charge in [0.25, 0.3) is 0 Å². The minimum absolute atomic E-state index is 0.252. The fourth-order valence-corrected chi connectivity index (χ4v) is 1.52. The lowest BCUT2D eigenvalue weighted by molar-refractivity contribution is -0.215. The molecule has 5 nitrogen and oxygen atoms in total. The zero-order chi connectivity index (χ0) is 14.5. The van der Waals surface area contributed by atoms with Crippen molar-refractivity contribution in [3.63, 3.8) is 0 Å². The maximum absolute atomic E-state index is 10.9. The number of hydrogen-bond acceptors (Lipinski definition) is 3. The zero-order valence-corrected chi connectivity index (χ0v) is 11.4. The Hall–Kier alpha value is -1.88. The van der Waals surface area contributed by atoms with Gasteiger partial charge in [-0.2, -0.15) is 0 Å². The molecule has 1 rings (SSSR count). The van der Waals surface area contributed by atoms with Crippen molar-refractivity contribution in [1.29, 1.82) is 0 Å². The second-order valence-corrected chi connectivity index (χ2v) is 5.20. The summed E-state index contributed by atoms with van der Waals surface area (Å²) in [4.78, 5) is 27.0. The summed E-state index contributed by atoms with van der Waals surface area (Å²) in [5, 5.41) is 10.0. The molecule has 0 radical (unpaired) electrons. The van der Waals surface area contributed by atoms with Crippen LogP contribution < -0.4 is 0 Å². The molecular formula is C14H19NO4. The average molecular weight is 265 g/mol. The van der Waals surface area contributed by atoms with Gasteiger partial charge in [-0.05, 0) is 44.9 Å². The van der Waals surface area contributed by atoms with Crippen LogP contribution in [0.15, 0.2) is 24.3 Å². The molecule has 1 N–H and O–H groups in total. The predicted octanol–water partition coefficient (Wildman–Crippen LogP) is 2.12. The molecule has 0 aliphatic heterocycles. The summed E-state index contributed by atoms with van der Waals surface area (Å²) >= 11 is 0. The SMILES string of the molecule is CC(C)(C)ON(C=O)CCc1ccc(C(=O)O)cc1. The van der Waals surface area contributed by atoms with Crippen LogP contribution in [0, 0.1) is 0 Å². The second-order valence-electron chi connectivity index (χ2n) is 5.20. The molecule has 0 fully saturated rings. The minimum Gasteiger partial charge on any atom is -0.478 e. The molecule has 0 bridgehead atoms. The topological polar surface area (TPSA) is 66.8 Å².